The van der Waals surface area contributed by atoms with Gasteiger partial charge in [0, 0.05) is 25.8 Å². The molecule has 1 aromatic rings. The summed E-state index contributed by atoms with van der Waals surface area (Å²) in [6.07, 6.45) is 0. The third-order valence-electron chi connectivity index (χ3n) is 3.01. The van der Waals surface area contributed by atoms with Crippen LogP contribution in [0, 0.1) is 11.8 Å². The minimum absolute atomic E-state index is 0.0481. The zero-order chi connectivity index (χ0) is 15.7. The zero-order valence-corrected chi connectivity index (χ0v) is 12.8. The van der Waals surface area contributed by atoms with Gasteiger partial charge in [-0.15, -0.1) is 0 Å². The molecule has 0 saturated heterocycles. The number of ether oxygens (including phenoxy) is 2. The summed E-state index contributed by atoms with van der Waals surface area (Å²) in [5.41, 5.74) is 6.63. The van der Waals surface area contributed by atoms with Crippen LogP contribution in [0.3, 0.4) is 0 Å². The maximum Gasteiger partial charge on any atom is 0.253 e. The molecule has 0 aromatic heterocycles. The van der Waals surface area contributed by atoms with E-state index in [1.54, 1.807) is 37.3 Å². The number of hydrogen-bond acceptors (Lipinski definition) is 4. The number of carbonyl (C=O) groups is 1. The number of carbonyl (C=O) groups excluding carboxylic acids is 1. The number of nitrogens with zero attached hydrogens (tertiary/aromatic N) is 1. The summed E-state index contributed by atoms with van der Waals surface area (Å²) in [7, 11) is 3.19. The summed E-state index contributed by atoms with van der Waals surface area (Å²) in [6.45, 7) is 3.89. The summed E-state index contributed by atoms with van der Waals surface area (Å²) in [5, 5.41) is 0. The van der Waals surface area contributed by atoms with E-state index in [1.807, 2.05) is 6.92 Å². The Bertz CT molecular complexity index is 532. The molecule has 0 unspecified atom stereocenters. The van der Waals surface area contributed by atoms with Crippen LogP contribution in [-0.2, 0) is 4.74 Å². The molecule has 1 rings (SSSR count). The van der Waals surface area contributed by atoms with E-state index in [1.165, 1.54) is 0 Å². The second kappa shape index (κ2) is 9.01. The van der Waals surface area contributed by atoms with Gasteiger partial charge in [-0.25, -0.2) is 0 Å². The van der Waals surface area contributed by atoms with Crippen molar-refractivity contribution in [2.45, 2.75) is 6.92 Å². The fraction of sp³-hybridized carbons (Fsp3) is 0.438. The predicted octanol–water partition coefficient (Wildman–Crippen LogP) is 1.11. The molecule has 1 aromatic carbocycles. The second-order valence-electron chi connectivity index (χ2n) is 4.30. The van der Waals surface area contributed by atoms with Crippen molar-refractivity contribution in [1.29, 1.82) is 0 Å². The van der Waals surface area contributed by atoms with Gasteiger partial charge in [0.2, 0.25) is 0 Å². The highest BCUT2D eigenvalue weighted by atomic mass is 16.5. The van der Waals surface area contributed by atoms with E-state index in [0.717, 1.165) is 0 Å². The molecule has 2 N–H and O–H groups in total. The van der Waals surface area contributed by atoms with Gasteiger partial charge in [-0.2, -0.15) is 0 Å². The average molecular weight is 290 g/mol. The Hall–Kier alpha value is -2.03. The molecule has 5 heteroatoms. The van der Waals surface area contributed by atoms with Crippen LogP contribution >= 0.6 is 0 Å². The Labute approximate surface area is 126 Å². The van der Waals surface area contributed by atoms with Crippen LogP contribution in [0.2, 0.25) is 0 Å². The fourth-order valence-corrected chi connectivity index (χ4v) is 1.87. The molecular weight excluding hydrogens is 268 g/mol. The first-order valence-corrected chi connectivity index (χ1v) is 6.83. The standard InChI is InChI=1S/C16H22N2O3/c1-4-18(10-11-20-2)16(19)14-7-8-15(21-3)13(12-14)6-5-9-17/h7-8,12H,4,9-11,17H2,1-3H3. The van der Waals surface area contributed by atoms with Gasteiger partial charge < -0.3 is 20.1 Å². The van der Waals surface area contributed by atoms with E-state index < -0.39 is 0 Å². The van der Waals surface area contributed by atoms with Gasteiger partial charge in [-0.1, -0.05) is 11.8 Å². The van der Waals surface area contributed by atoms with E-state index in [-0.39, 0.29) is 12.5 Å². The average Bonchev–Trinajstić information content (AvgIpc) is 2.53. The first-order chi connectivity index (χ1) is 10.2. The Morgan fingerprint density at radius 3 is 2.71 bits per heavy atom. The molecule has 0 aliphatic rings. The molecule has 21 heavy (non-hydrogen) atoms. The van der Waals surface area contributed by atoms with Crippen LogP contribution in [0.1, 0.15) is 22.8 Å². The minimum Gasteiger partial charge on any atom is -0.495 e. The van der Waals surface area contributed by atoms with Gasteiger partial charge in [-0.3, -0.25) is 4.79 Å². The van der Waals surface area contributed by atoms with Crippen molar-refractivity contribution in [2.75, 3.05) is 40.5 Å². The molecule has 0 atom stereocenters. The SMILES string of the molecule is CCN(CCOC)C(=O)c1ccc(OC)c(C#CCN)c1. The number of hydrogen-bond donors (Lipinski definition) is 1. The molecular formula is C16H22N2O3. The highest BCUT2D eigenvalue weighted by Crippen LogP contribution is 2.19. The minimum atomic E-state index is -0.0481. The molecule has 0 aliphatic heterocycles. The van der Waals surface area contributed by atoms with Crippen molar-refractivity contribution < 1.29 is 14.3 Å². The predicted molar refractivity (Wildman–Crippen MR) is 82.4 cm³/mol. The Morgan fingerprint density at radius 2 is 2.14 bits per heavy atom. The monoisotopic (exact) mass is 290 g/mol. The smallest absolute Gasteiger partial charge is 0.253 e. The van der Waals surface area contributed by atoms with E-state index in [2.05, 4.69) is 11.8 Å². The topological polar surface area (TPSA) is 64.8 Å². The first kappa shape index (κ1) is 17.0. The Balaban J connectivity index is 3.03. The van der Waals surface area contributed by atoms with E-state index in [4.69, 9.17) is 15.2 Å². The summed E-state index contributed by atoms with van der Waals surface area (Å²) >= 11 is 0. The maximum absolute atomic E-state index is 12.5. The van der Waals surface area contributed by atoms with Crippen molar-refractivity contribution in [3.63, 3.8) is 0 Å². The van der Waals surface area contributed by atoms with Gasteiger partial charge in [0.05, 0.1) is 25.8 Å². The van der Waals surface area contributed by atoms with Gasteiger partial charge in [0.25, 0.3) is 5.91 Å². The molecule has 5 nitrogen and oxygen atoms in total. The summed E-state index contributed by atoms with van der Waals surface area (Å²) < 4.78 is 10.3. The zero-order valence-electron chi connectivity index (χ0n) is 12.8. The second-order valence-corrected chi connectivity index (χ2v) is 4.30. The lowest BCUT2D eigenvalue weighted by atomic mass is 10.1. The van der Waals surface area contributed by atoms with Crippen molar-refractivity contribution >= 4 is 5.91 Å². The van der Waals surface area contributed by atoms with Crippen LogP contribution in [-0.4, -0.2) is 51.3 Å². The third-order valence-corrected chi connectivity index (χ3v) is 3.01. The summed E-state index contributed by atoms with van der Waals surface area (Å²) in [6, 6.07) is 5.22. The van der Waals surface area contributed by atoms with Crippen molar-refractivity contribution in [2.24, 2.45) is 5.73 Å². The van der Waals surface area contributed by atoms with E-state index in [9.17, 15) is 4.79 Å². The van der Waals surface area contributed by atoms with Crippen LogP contribution in [0.25, 0.3) is 0 Å². The summed E-state index contributed by atoms with van der Waals surface area (Å²) in [4.78, 5) is 14.2. The maximum atomic E-state index is 12.5. The Morgan fingerprint density at radius 1 is 1.38 bits per heavy atom. The van der Waals surface area contributed by atoms with Crippen LogP contribution in [0.4, 0.5) is 0 Å². The molecule has 0 fully saturated rings. The molecule has 114 valence electrons. The summed E-state index contributed by atoms with van der Waals surface area (Å²) in [5.74, 6) is 6.28. The number of benzene rings is 1. The van der Waals surface area contributed by atoms with Gasteiger partial charge in [0.15, 0.2) is 0 Å². The van der Waals surface area contributed by atoms with Gasteiger partial charge in [-0.05, 0) is 25.1 Å². The van der Waals surface area contributed by atoms with Crippen molar-refractivity contribution in [3.05, 3.63) is 29.3 Å². The highest BCUT2D eigenvalue weighted by molar-refractivity contribution is 5.94. The molecule has 0 saturated carbocycles. The fourth-order valence-electron chi connectivity index (χ4n) is 1.87. The lowest BCUT2D eigenvalue weighted by molar-refractivity contribution is 0.0706. The van der Waals surface area contributed by atoms with Gasteiger partial charge >= 0.3 is 0 Å². The molecule has 0 aliphatic carbocycles. The van der Waals surface area contributed by atoms with Crippen molar-refractivity contribution in [3.8, 4) is 17.6 Å². The number of likely N-dealkylation sites (N-methyl/N-ethyl adjacent to an activating group) is 1. The van der Waals surface area contributed by atoms with Crippen LogP contribution in [0.15, 0.2) is 18.2 Å². The van der Waals surface area contributed by atoms with Gasteiger partial charge in [0.1, 0.15) is 5.75 Å². The molecule has 0 bridgehead atoms. The van der Waals surface area contributed by atoms with E-state index >= 15 is 0 Å². The number of nitrogens with two attached hydrogens (primary N) is 1. The molecule has 0 radical (unpaired) electrons. The van der Waals surface area contributed by atoms with E-state index in [0.29, 0.717) is 36.6 Å². The van der Waals surface area contributed by atoms with Crippen LogP contribution in [0.5, 0.6) is 5.75 Å². The lowest BCUT2D eigenvalue weighted by Gasteiger charge is -2.20. The normalized spacial score (nSPS) is 9.71. The Kier molecular flexibility index (Phi) is 7.30. The number of amides is 1. The number of methoxy groups -OCH3 is 2. The van der Waals surface area contributed by atoms with Crippen molar-refractivity contribution in [1.82, 2.24) is 4.90 Å². The largest absolute Gasteiger partial charge is 0.495 e. The molecule has 0 spiro atoms. The van der Waals surface area contributed by atoms with Crippen LogP contribution < -0.4 is 10.5 Å². The quantitative estimate of drug-likeness (QED) is 0.797. The molecule has 0 heterocycles. The molecule has 1 amide bonds. The lowest BCUT2D eigenvalue weighted by Crippen LogP contribution is -2.33. The highest BCUT2D eigenvalue weighted by Gasteiger charge is 2.15. The number of rotatable bonds is 6. The third kappa shape index (κ3) is 4.78. The first-order valence-electron chi connectivity index (χ1n) is 6.83.